The van der Waals surface area contributed by atoms with Crippen LogP contribution in [0.15, 0.2) is 23.1 Å². The van der Waals surface area contributed by atoms with Crippen molar-refractivity contribution in [3.63, 3.8) is 0 Å². The SMILES string of the molecule is Cc1ccc(S(=O)(=O)NCCCC(C)CN)cc1C. The van der Waals surface area contributed by atoms with Gasteiger partial charge in [-0.1, -0.05) is 13.0 Å². The van der Waals surface area contributed by atoms with E-state index in [1.54, 1.807) is 12.1 Å². The summed E-state index contributed by atoms with van der Waals surface area (Å²) in [4.78, 5) is 0.336. The molecular formula is C14H24N2O2S. The summed E-state index contributed by atoms with van der Waals surface area (Å²) < 4.78 is 26.8. The van der Waals surface area contributed by atoms with Crippen molar-refractivity contribution < 1.29 is 8.42 Å². The van der Waals surface area contributed by atoms with Crippen LogP contribution in [0.25, 0.3) is 0 Å². The summed E-state index contributed by atoms with van der Waals surface area (Å²) in [6.07, 6.45) is 1.74. The zero-order valence-corrected chi connectivity index (χ0v) is 12.8. The summed E-state index contributed by atoms with van der Waals surface area (Å²) in [5.74, 6) is 0.436. The standard InChI is InChI=1S/C14H24N2O2S/c1-11(10-15)5-4-8-16-19(17,18)14-7-6-12(2)13(3)9-14/h6-7,9,11,16H,4-5,8,10,15H2,1-3H3. The third kappa shape index (κ3) is 4.93. The number of hydrogen-bond acceptors (Lipinski definition) is 3. The molecule has 0 spiro atoms. The van der Waals surface area contributed by atoms with Gasteiger partial charge in [-0.2, -0.15) is 0 Å². The lowest BCUT2D eigenvalue weighted by Gasteiger charge is -2.10. The maximum Gasteiger partial charge on any atom is 0.240 e. The molecule has 1 aromatic carbocycles. The molecule has 0 saturated heterocycles. The molecule has 4 nitrogen and oxygen atoms in total. The van der Waals surface area contributed by atoms with E-state index in [0.717, 1.165) is 24.0 Å². The molecule has 19 heavy (non-hydrogen) atoms. The van der Waals surface area contributed by atoms with E-state index in [4.69, 9.17) is 5.73 Å². The van der Waals surface area contributed by atoms with Gasteiger partial charge < -0.3 is 5.73 Å². The molecule has 108 valence electrons. The highest BCUT2D eigenvalue weighted by Gasteiger charge is 2.13. The van der Waals surface area contributed by atoms with Crippen LogP contribution in [0.3, 0.4) is 0 Å². The Morgan fingerprint density at radius 2 is 1.95 bits per heavy atom. The van der Waals surface area contributed by atoms with Gasteiger partial charge in [0.2, 0.25) is 10.0 Å². The molecule has 1 unspecified atom stereocenters. The lowest BCUT2D eigenvalue weighted by molar-refractivity contribution is 0.513. The van der Waals surface area contributed by atoms with Crippen molar-refractivity contribution in [3.05, 3.63) is 29.3 Å². The Morgan fingerprint density at radius 1 is 1.26 bits per heavy atom. The van der Waals surface area contributed by atoms with Crippen LogP contribution in [0, 0.1) is 19.8 Å². The first-order valence-electron chi connectivity index (χ1n) is 6.64. The van der Waals surface area contributed by atoms with Crippen molar-refractivity contribution in [2.24, 2.45) is 11.7 Å². The average molecular weight is 284 g/mol. The molecule has 0 aliphatic rings. The number of hydrogen-bond donors (Lipinski definition) is 2. The maximum atomic E-state index is 12.1. The third-order valence-corrected chi connectivity index (χ3v) is 4.82. The molecule has 0 radical (unpaired) electrons. The zero-order chi connectivity index (χ0) is 14.5. The summed E-state index contributed by atoms with van der Waals surface area (Å²) in [5, 5.41) is 0. The number of rotatable bonds is 7. The first-order valence-corrected chi connectivity index (χ1v) is 8.12. The van der Waals surface area contributed by atoms with Crippen LogP contribution in [-0.4, -0.2) is 21.5 Å². The molecule has 1 atom stereocenters. The molecule has 5 heteroatoms. The van der Waals surface area contributed by atoms with Crippen LogP contribution in [0.2, 0.25) is 0 Å². The Hall–Kier alpha value is -0.910. The first-order chi connectivity index (χ1) is 8.86. The van der Waals surface area contributed by atoms with E-state index in [1.165, 1.54) is 0 Å². The van der Waals surface area contributed by atoms with E-state index in [-0.39, 0.29) is 0 Å². The van der Waals surface area contributed by atoms with E-state index in [1.807, 2.05) is 19.9 Å². The lowest BCUT2D eigenvalue weighted by atomic mass is 10.1. The normalized spacial score (nSPS) is 13.5. The van der Waals surface area contributed by atoms with Crippen LogP contribution in [-0.2, 0) is 10.0 Å². The van der Waals surface area contributed by atoms with Crippen molar-refractivity contribution >= 4 is 10.0 Å². The molecule has 1 aromatic rings. The highest BCUT2D eigenvalue weighted by Crippen LogP contribution is 2.14. The average Bonchev–Trinajstić information content (AvgIpc) is 2.37. The van der Waals surface area contributed by atoms with Gasteiger partial charge in [0.15, 0.2) is 0 Å². The van der Waals surface area contributed by atoms with Crippen molar-refractivity contribution in [1.82, 2.24) is 4.72 Å². The fourth-order valence-corrected chi connectivity index (χ4v) is 2.90. The van der Waals surface area contributed by atoms with Gasteiger partial charge in [0.1, 0.15) is 0 Å². The molecule has 0 aliphatic carbocycles. The number of benzene rings is 1. The molecule has 0 aromatic heterocycles. The van der Waals surface area contributed by atoms with Gasteiger partial charge in [0.05, 0.1) is 4.90 Å². The van der Waals surface area contributed by atoms with Crippen molar-refractivity contribution in [3.8, 4) is 0 Å². The van der Waals surface area contributed by atoms with Gasteiger partial charge in [-0.3, -0.25) is 0 Å². The van der Waals surface area contributed by atoms with Crippen molar-refractivity contribution in [2.75, 3.05) is 13.1 Å². The Balaban J connectivity index is 2.58. The van der Waals surface area contributed by atoms with Crippen LogP contribution in [0.5, 0.6) is 0 Å². The third-order valence-electron chi connectivity index (χ3n) is 3.36. The van der Waals surface area contributed by atoms with Crippen molar-refractivity contribution in [2.45, 2.75) is 38.5 Å². The molecule has 0 saturated carbocycles. The Bertz CT molecular complexity index is 512. The fraction of sp³-hybridized carbons (Fsp3) is 0.571. The smallest absolute Gasteiger partial charge is 0.240 e. The van der Waals surface area contributed by atoms with Gasteiger partial charge in [0, 0.05) is 6.54 Å². The quantitative estimate of drug-likeness (QED) is 0.752. The fourth-order valence-electron chi connectivity index (χ4n) is 1.74. The van der Waals surface area contributed by atoms with Gasteiger partial charge in [-0.05, 0) is 62.4 Å². The summed E-state index contributed by atoms with van der Waals surface area (Å²) in [5.41, 5.74) is 7.60. The minimum atomic E-state index is -3.39. The van der Waals surface area contributed by atoms with Gasteiger partial charge in [-0.15, -0.1) is 0 Å². The second-order valence-corrected chi connectivity index (χ2v) is 6.89. The molecule has 0 heterocycles. The summed E-state index contributed by atoms with van der Waals surface area (Å²) in [6.45, 7) is 7.05. The van der Waals surface area contributed by atoms with Gasteiger partial charge >= 0.3 is 0 Å². The van der Waals surface area contributed by atoms with E-state index >= 15 is 0 Å². The molecule has 0 bridgehead atoms. The predicted octanol–water partition coefficient (Wildman–Crippen LogP) is 1.96. The molecule has 1 rings (SSSR count). The predicted molar refractivity (Wildman–Crippen MR) is 78.6 cm³/mol. The van der Waals surface area contributed by atoms with Crippen LogP contribution < -0.4 is 10.5 Å². The van der Waals surface area contributed by atoms with Crippen LogP contribution in [0.1, 0.15) is 30.9 Å². The maximum absolute atomic E-state index is 12.1. The van der Waals surface area contributed by atoms with Crippen LogP contribution >= 0.6 is 0 Å². The number of aryl methyl sites for hydroxylation is 2. The lowest BCUT2D eigenvalue weighted by Crippen LogP contribution is -2.25. The first kappa shape index (κ1) is 16.1. The highest BCUT2D eigenvalue weighted by molar-refractivity contribution is 7.89. The van der Waals surface area contributed by atoms with Gasteiger partial charge in [-0.25, -0.2) is 13.1 Å². The Morgan fingerprint density at radius 3 is 2.53 bits per heavy atom. The molecule has 3 N–H and O–H groups in total. The van der Waals surface area contributed by atoms with E-state index in [9.17, 15) is 8.42 Å². The largest absolute Gasteiger partial charge is 0.330 e. The second-order valence-electron chi connectivity index (χ2n) is 5.13. The molecule has 0 amide bonds. The number of nitrogens with two attached hydrogens (primary N) is 1. The van der Waals surface area contributed by atoms with E-state index < -0.39 is 10.0 Å². The minimum absolute atomic E-state index is 0.336. The van der Waals surface area contributed by atoms with E-state index in [0.29, 0.717) is 23.9 Å². The summed E-state index contributed by atoms with van der Waals surface area (Å²) in [7, 11) is -3.39. The molecule has 0 aliphatic heterocycles. The molecular weight excluding hydrogens is 260 g/mol. The highest BCUT2D eigenvalue weighted by atomic mass is 32.2. The number of sulfonamides is 1. The second kappa shape index (κ2) is 7.03. The van der Waals surface area contributed by atoms with Crippen molar-refractivity contribution in [1.29, 1.82) is 0 Å². The minimum Gasteiger partial charge on any atom is -0.330 e. The van der Waals surface area contributed by atoms with Crippen LogP contribution in [0.4, 0.5) is 0 Å². The van der Waals surface area contributed by atoms with E-state index in [2.05, 4.69) is 11.6 Å². The topological polar surface area (TPSA) is 72.2 Å². The zero-order valence-electron chi connectivity index (χ0n) is 11.9. The number of nitrogens with one attached hydrogen (secondary N) is 1. The summed E-state index contributed by atoms with van der Waals surface area (Å²) >= 11 is 0. The monoisotopic (exact) mass is 284 g/mol. The molecule has 0 fully saturated rings. The summed E-state index contributed by atoms with van der Waals surface area (Å²) in [6, 6.07) is 5.19. The Kier molecular flexibility index (Phi) is 5.97. The Labute approximate surface area is 116 Å². The van der Waals surface area contributed by atoms with Gasteiger partial charge in [0.25, 0.3) is 0 Å².